The second-order valence-electron chi connectivity index (χ2n) is 7.74. The van der Waals surface area contributed by atoms with Crippen molar-refractivity contribution in [3.05, 3.63) is 87.0 Å². The number of hydrogen-bond donors (Lipinski definition) is 0. The van der Waals surface area contributed by atoms with Gasteiger partial charge in [-0.25, -0.2) is 4.39 Å². The van der Waals surface area contributed by atoms with Crippen LogP contribution in [0.15, 0.2) is 52.9 Å². The second-order valence-corrected chi connectivity index (χ2v) is 8.56. The summed E-state index contributed by atoms with van der Waals surface area (Å²) in [5.41, 5.74) is 1.80. The molecule has 1 aliphatic heterocycles. The number of carbonyl (C=O) groups is 1. The molecule has 32 heavy (non-hydrogen) atoms. The molecule has 0 saturated carbocycles. The minimum absolute atomic E-state index is 0.148. The highest BCUT2D eigenvalue weighted by Crippen LogP contribution is 2.29. The van der Waals surface area contributed by atoms with Crippen molar-refractivity contribution in [1.82, 2.24) is 9.80 Å². The molecule has 0 atom stereocenters. The third kappa shape index (κ3) is 5.26. The Morgan fingerprint density at radius 3 is 2.56 bits per heavy atom. The molecule has 1 aromatic heterocycles. The van der Waals surface area contributed by atoms with Crippen LogP contribution in [0.2, 0.25) is 10.0 Å². The van der Waals surface area contributed by atoms with Gasteiger partial charge in [0.15, 0.2) is 5.76 Å². The van der Waals surface area contributed by atoms with Gasteiger partial charge < -0.3 is 14.1 Å². The molecule has 8 heteroatoms. The normalized spacial score (nSPS) is 14.6. The van der Waals surface area contributed by atoms with Crippen LogP contribution in [0.25, 0.3) is 0 Å². The monoisotopic (exact) mass is 476 g/mol. The maximum Gasteiger partial charge on any atom is 0.289 e. The number of para-hydroxylation sites is 1. The highest BCUT2D eigenvalue weighted by atomic mass is 35.5. The molecule has 0 bridgehead atoms. The number of piperazine rings is 1. The zero-order chi connectivity index (χ0) is 22.7. The number of furan rings is 1. The number of carbonyl (C=O) groups excluding carboxylic acids is 1. The van der Waals surface area contributed by atoms with Crippen molar-refractivity contribution in [2.45, 2.75) is 20.1 Å². The minimum Gasteiger partial charge on any atom is -0.484 e. The molecule has 3 aromatic rings. The topological polar surface area (TPSA) is 45.9 Å². The van der Waals surface area contributed by atoms with E-state index < -0.39 is 0 Å². The molecule has 2 heterocycles. The van der Waals surface area contributed by atoms with E-state index >= 15 is 0 Å². The maximum atomic E-state index is 13.2. The summed E-state index contributed by atoms with van der Waals surface area (Å²) in [7, 11) is 0. The highest BCUT2D eigenvalue weighted by Gasteiger charge is 2.25. The summed E-state index contributed by atoms with van der Waals surface area (Å²) in [5, 5.41) is 0.952. The van der Waals surface area contributed by atoms with E-state index in [1.165, 1.54) is 12.1 Å². The molecule has 0 radical (unpaired) electrons. The first kappa shape index (κ1) is 22.6. The van der Waals surface area contributed by atoms with Crippen molar-refractivity contribution in [1.29, 1.82) is 0 Å². The third-order valence-electron chi connectivity index (χ3n) is 5.46. The molecule has 0 N–H and O–H groups in total. The van der Waals surface area contributed by atoms with Crippen LogP contribution in [-0.4, -0.2) is 41.9 Å². The number of amides is 1. The summed E-state index contributed by atoms with van der Waals surface area (Å²) in [6, 6.07) is 13.4. The summed E-state index contributed by atoms with van der Waals surface area (Å²) < 4.78 is 24.7. The molecule has 168 valence electrons. The van der Waals surface area contributed by atoms with Crippen molar-refractivity contribution in [2.24, 2.45) is 0 Å². The number of ether oxygens (including phenoxy) is 1. The van der Waals surface area contributed by atoms with E-state index in [1.54, 1.807) is 29.2 Å². The van der Waals surface area contributed by atoms with E-state index in [2.05, 4.69) is 4.90 Å². The van der Waals surface area contributed by atoms with E-state index in [0.29, 0.717) is 54.3 Å². The molecule has 0 aliphatic carbocycles. The Morgan fingerprint density at radius 2 is 1.84 bits per heavy atom. The fraction of sp³-hybridized carbons (Fsp3) is 0.292. The minimum atomic E-state index is -0.348. The van der Waals surface area contributed by atoms with Crippen LogP contribution in [0.4, 0.5) is 4.39 Å². The number of benzene rings is 2. The molecule has 1 amide bonds. The Kier molecular flexibility index (Phi) is 7.04. The number of aryl methyl sites for hydroxylation is 1. The average molecular weight is 477 g/mol. The summed E-state index contributed by atoms with van der Waals surface area (Å²) >= 11 is 12.3. The van der Waals surface area contributed by atoms with Crippen molar-refractivity contribution in [3.8, 4) is 5.75 Å². The van der Waals surface area contributed by atoms with Gasteiger partial charge in [-0.1, -0.05) is 41.4 Å². The van der Waals surface area contributed by atoms with Crippen LogP contribution < -0.4 is 4.74 Å². The van der Waals surface area contributed by atoms with Crippen LogP contribution in [0.3, 0.4) is 0 Å². The first-order valence-electron chi connectivity index (χ1n) is 10.3. The average Bonchev–Trinajstić information content (AvgIpc) is 3.24. The van der Waals surface area contributed by atoms with Gasteiger partial charge in [-0.2, -0.15) is 0 Å². The predicted molar refractivity (Wildman–Crippen MR) is 122 cm³/mol. The van der Waals surface area contributed by atoms with Crippen molar-refractivity contribution in [2.75, 3.05) is 26.2 Å². The standard InChI is InChI=1S/C24H23Cl2FN2O3/c1-16-3-2-4-20(25)23(16)31-15-19-7-8-22(32-19)24(30)29-11-9-28(10-12-29)14-17-5-6-18(27)13-21(17)26/h2-8,13H,9-12,14-15H2,1H3. The lowest BCUT2D eigenvalue weighted by Crippen LogP contribution is -2.48. The smallest absolute Gasteiger partial charge is 0.289 e. The van der Waals surface area contributed by atoms with Crippen LogP contribution >= 0.6 is 23.2 Å². The van der Waals surface area contributed by atoms with Crippen molar-refractivity contribution < 1.29 is 18.3 Å². The third-order valence-corrected chi connectivity index (χ3v) is 6.11. The molecular weight excluding hydrogens is 454 g/mol. The summed E-state index contributed by atoms with van der Waals surface area (Å²) in [6.07, 6.45) is 0. The fourth-order valence-electron chi connectivity index (χ4n) is 3.67. The molecule has 1 saturated heterocycles. The van der Waals surface area contributed by atoms with E-state index in [-0.39, 0.29) is 24.1 Å². The first-order valence-corrected chi connectivity index (χ1v) is 11.1. The fourth-order valence-corrected chi connectivity index (χ4v) is 4.17. The summed E-state index contributed by atoms with van der Waals surface area (Å²) in [5.74, 6) is 0.951. The lowest BCUT2D eigenvalue weighted by molar-refractivity contribution is 0.0594. The molecule has 0 spiro atoms. The quantitative estimate of drug-likeness (QED) is 0.466. The van der Waals surface area contributed by atoms with E-state index in [1.807, 2.05) is 19.1 Å². The Hall–Kier alpha value is -2.54. The Morgan fingerprint density at radius 1 is 1.06 bits per heavy atom. The zero-order valence-corrected chi connectivity index (χ0v) is 19.1. The van der Waals surface area contributed by atoms with E-state index in [4.69, 9.17) is 32.4 Å². The van der Waals surface area contributed by atoms with Crippen molar-refractivity contribution >= 4 is 29.1 Å². The van der Waals surface area contributed by atoms with Crippen LogP contribution in [0.1, 0.15) is 27.4 Å². The van der Waals surface area contributed by atoms with Crippen LogP contribution in [0, 0.1) is 12.7 Å². The number of nitrogens with zero attached hydrogens (tertiary/aromatic N) is 2. The van der Waals surface area contributed by atoms with Gasteiger partial charge in [0.1, 0.15) is 23.9 Å². The number of hydrogen-bond acceptors (Lipinski definition) is 4. The second kappa shape index (κ2) is 9.94. The summed E-state index contributed by atoms with van der Waals surface area (Å²) in [4.78, 5) is 16.8. The number of rotatable bonds is 6. The molecule has 4 rings (SSSR count). The van der Waals surface area contributed by atoms with Crippen LogP contribution in [0.5, 0.6) is 5.75 Å². The molecule has 1 aliphatic rings. The largest absolute Gasteiger partial charge is 0.484 e. The first-order chi connectivity index (χ1) is 15.4. The van der Waals surface area contributed by atoms with Gasteiger partial charge in [0.2, 0.25) is 0 Å². The maximum absolute atomic E-state index is 13.2. The lowest BCUT2D eigenvalue weighted by atomic mass is 10.2. The van der Waals surface area contributed by atoms with Crippen molar-refractivity contribution in [3.63, 3.8) is 0 Å². The van der Waals surface area contributed by atoms with Gasteiger partial charge in [-0.3, -0.25) is 9.69 Å². The van der Waals surface area contributed by atoms with Gasteiger partial charge >= 0.3 is 0 Å². The summed E-state index contributed by atoms with van der Waals surface area (Å²) in [6.45, 7) is 5.26. The molecule has 5 nitrogen and oxygen atoms in total. The van der Waals surface area contributed by atoms with Crippen LogP contribution in [-0.2, 0) is 13.2 Å². The zero-order valence-electron chi connectivity index (χ0n) is 17.6. The SMILES string of the molecule is Cc1cccc(Cl)c1OCc1ccc(C(=O)N2CCN(Cc3ccc(F)cc3Cl)CC2)o1. The highest BCUT2D eigenvalue weighted by molar-refractivity contribution is 6.32. The van der Waals surface area contributed by atoms with Gasteiger partial charge in [0.05, 0.1) is 5.02 Å². The Balaban J connectivity index is 1.30. The molecular formula is C24H23Cl2FN2O3. The van der Waals surface area contributed by atoms with Gasteiger partial charge in [-0.05, 0) is 48.4 Å². The van der Waals surface area contributed by atoms with Gasteiger partial charge in [0, 0.05) is 37.7 Å². The molecule has 0 unspecified atom stereocenters. The number of halogens is 3. The van der Waals surface area contributed by atoms with E-state index in [9.17, 15) is 9.18 Å². The van der Waals surface area contributed by atoms with Gasteiger partial charge in [-0.15, -0.1) is 0 Å². The van der Waals surface area contributed by atoms with Gasteiger partial charge in [0.25, 0.3) is 5.91 Å². The molecule has 1 fully saturated rings. The Labute approximate surface area is 196 Å². The molecule has 2 aromatic carbocycles. The van der Waals surface area contributed by atoms with E-state index in [0.717, 1.165) is 11.1 Å². The lowest BCUT2D eigenvalue weighted by Gasteiger charge is -2.34. The Bertz CT molecular complexity index is 1090. The predicted octanol–water partition coefficient (Wildman–Crippen LogP) is 5.57.